The predicted octanol–water partition coefficient (Wildman–Crippen LogP) is 5.35. The molecule has 0 spiro atoms. The first-order chi connectivity index (χ1) is 17.4. The van der Waals surface area contributed by atoms with Crippen molar-refractivity contribution in [1.82, 2.24) is 9.78 Å². The van der Waals surface area contributed by atoms with E-state index in [9.17, 15) is 9.35 Å². The number of hydrogen-bond acceptors (Lipinski definition) is 4. The fourth-order valence-electron chi connectivity index (χ4n) is 5.18. The molecular weight excluding hydrogens is 472 g/mol. The third kappa shape index (κ3) is 6.99. The summed E-state index contributed by atoms with van der Waals surface area (Å²) in [6, 6.07) is 18.9. The standard InChI is InChI=1S/C29H36N2O4S/c1-21-7-6-10-25(17-21)28-26(15-16-36(2)34)31(30-29(28)24-8-4-3-5-9-24)18-22-11-13-23(14-12-22)19-35-20-27(32)33/h3-10,17,22-23H,11-16,18-20H2,1-2H3,(H,32,33). The molecule has 0 aliphatic heterocycles. The van der Waals surface area contributed by atoms with Crippen LogP contribution in [0.5, 0.6) is 0 Å². The molecule has 1 fully saturated rings. The molecule has 1 aromatic heterocycles. The van der Waals surface area contributed by atoms with E-state index in [0.29, 0.717) is 30.6 Å². The molecule has 0 bridgehead atoms. The lowest BCUT2D eigenvalue weighted by Gasteiger charge is -2.28. The third-order valence-electron chi connectivity index (χ3n) is 7.01. The molecule has 3 aromatic rings. The third-order valence-corrected chi connectivity index (χ3v) is 7.79. The molecule has 192 valence electrons. The normalized spacial score (nSPS) is 18.8. The van der Waals surface area contributed by atoms with Gasteiger partial charge in [-0.3, -0.25) is 4.68 Å². The maximum Gasteiger partial charge on any atom is 0.329 e. The lowest BCUT2D eigenvalue weighted by molar-refractivity contribution is -0.142. The van der Waals surface area contributed by atoms with E-state index in [1.165, 1.54) is 5.56 Å². The summed E-state index contributed by atoms with van der Waals surface area (Å²) in [6.07, 6.45) is 6.69. The van der Waals surface area contributed by atoms with Crippen LogP contribution in [0.4, 0.5) is 0 Å². The monoisotopic (exact) mass is 508 g/mol. The topological polar surface area (TPSA) is 87.4 Å². The average molecular weight is 509 g/mol. The van der Waals surface area contributed by atoms with Crippen LogP contribution in [0.2, 0.25) is 0 Å². The molecule has 0 radical (unpaired) electrons. The highest BCUT2D eigenvalue weighted by Crippen LogP contribution is 2.37. The molecule has 2 aromatic carbocycles. The molecule has 1 atom stereocenters. The molecule has 1 aliphatic rings. The maximum atomic E-state index is 12.1. The average Bonchev–Trinajstić information content (AvgIpc) is 3.22. The predicted molar refractivity (Wildman–Crippen MR) is 144 cm³/mol. The van der Waals surface area contributed by atoms with E-state index in [1.807, 2.05) is 18.2 Å². The molecule has 6 nitrogen and oxygen atoms in total. The largest absolute Gasteiger partial charge is 0.617 e. The van der Waals surface area contributed by atoms with Gasteiger partial charge in [0.05, 0.1) is 18.6 Å². The molecule has 7 heteroatoms. The summed E-state index contributed by atoms with van der Waals surface area (Å²) in [5, 5.41) is 14.0. The lowest BCUT2D eigenvalue weighted by atomic mass is 9.82. The van der Waals surface area contributed by atoms with Crippen molar-refractivity contribution in [2.75, 3.05) is 25.2 Å². The van der Waals surface area contributed by atoms with Crippen molar-refractivity contribution in [1.29, 1.82) is 0 Å². The van der Waals surface area contributed by atoms with Gasteiger partial charge in [-0.25, -0.2) is 4.79 Å². The summed E-state index contributed by atoms with van der Waals surface area (Å²) in [7, 11) is 0. The highest BCUT2D eigenvalue weighted by atomic mass is 32.2. The van der Waals surface area contributed by atoms with Gasteiger partial charge in [0.25, 0.3) is 0 Å². The van der Waals surface area contributed by atoms with Crippen LogP contribution >= 0.6 is 0 Å². The van der Waals surface area contributed by atoms with Gasteiger partial charge in [0.1, 0.15) is 18.1 Å². The number of carbonyl (C=O) groups is 1. The fraction of sp³-hybridized carbons (Fsp3) is 0.448. The molecule has 1 heterocycles. The minimum Gasteiger partial charge on any atom is -0.617 e. The van der Waals surface area contributed by atoms with Crippen LogP contribution in [0, 0.1) is 18.8 Å². The molecular formula is C29H36N2O4S. The number of carboxylic acids is 1. The number of hydrogen-bond donors (Lipinski definition) is 1. The van der Waals surface area contributed by atoms with E-state index in [1.54, 1.807) is 6.26 Å². The van der Waals surface area contributed by atoms with Gasteiger partial charge in [0, 0.05) is 24.1 Å². The summed E-state index contributed by atoms with van der Waals surface area (Å²) < 4.78 is 19.6. The van der Waals surface area contributed by atoms with Gasteiger partial charge in [-0.05, 0) is 50.0 Å². The highest BCUT2D eigenvalue weighted by Gasteiger charge is 2.26. The zero-order valence-electron chi connectivity index (χ0n) is 21.2. The van der Waals surface area contributed by atoms with Gasteiger partial charge in [0.2, 0.25) is 0 Å². The van der Waals surface area contributed by atoms with Crippen LogP contribution in [-0.2, 0) is 33.7 Å². The second-order valence-electron chi connectivity index (χ2n) is 9.91. The van der Waals surface area contributed by atoms with E-state index in [-0.39, 0.29) is 6.61 Å². The van der Waals surface area contributed by atoms with E-state index in [0.717, 1.165) is 60.3 Å². The number of carboxylic acid groups (broad SMARTS) is 1. The van der Waals surface area contributed by atoms with E-state index in [4.69, 9.17) is 14.9 Å². The van der Waals surface area contributed by atoms with Crippen LogP contribution < -0.4 is 0 Å². The molecule has 0 amide bonds. The Bertz CT molecular complexity index is 1140. The van der Waals surface area contributed by atoms with Crippen molar-refractivity contribution in [3.8, 4) is 22.4 Å². The maximum absolute atomic E-state index is 12.1. The quantitative estimate of drug-likeness (QED) is 0.353. The smallest absolute Gasteiger partial charge is 0.329 e. The summed E-state index contributed by atoms with van der Waals surface area (Å²) in [6.45, 7) is 3.24. The summed E-state index contributed by atoms with van der Waals surface area (Å²) in [5.74, 6) is 0.608. The summed E-state index contributed by atoms with van der Waals surface area (Å²) >= 11 is -0.894. The zero-order valence-corrected chi connectivity index (χ0v) is 22.0. The van der Waals surface area contributed by atoms with Crippen molar-refractivity contribution in [2.24, 2.45) is 11.8 Å². The van der Waals surface area contributed by atoms with Gasteiger partial charge < -0.3 is 14.4 Å². The van der Waals surface area contributed by atoms with Crippen molar-refractivity contribution < 1.29 is 19.2 Å². The number of nitrogens with zero attached hydrogens (tertiary/aromatic N) is 2. The lowest BCUT2D eigenvalue weighted by Crippen LogP contribution is -2.24. The van der Waals surface area contributed by atoms with Crippen LogP contribution in [0.3, 0.4) is 0 Å². The van der Waals surface area contributed by atoms with Gasteiger partial charge in [-0.2, -0.15) is 5.10 Å². The SMILES string of the molecule is Cc1cccc(-c2c(-c3ccccc3)nn(CC3CCC(COCC(=O)O)CC3)c2CC[S+](C)[O-])c1. The van der Waals surface area contributed by atoms with Crippen molar-refractivity contribution in [2.45, 2.75) is 45.6 Å². The minimum absolute atomic E-state index is 0.223. The Labute approximate surface area is 216 Å². The Morgan fingerprint density at radius 1 is 1.08 bits per heavy atom. The first kappa shape index (κ1) is 26.5. The number of ether oxygens (including phenoxy) is 1. The first-order valence-corrected chi connectivity index (χ1v) is 14.4. The van der Waals surface area contributed by atoms with Crippen molar-refractivity contribution >= 4 is 17.1 Å². The summed E-state index contributed by atoms with van der Waals surface area (Å²) in [5.41, 5.74) is 6.72. The molecule has 1 saturated carbocycles. The Kier molecular flexibility index (Phi) is 9.24. The number of aromatic nitrogens is 2. The molecule has 1 unspecified atom stereocenters. The first-order valence-electron chi connectivity index (χ1n) is 12.7. The van der Waals surface area contributed by atoms with Crippen LogP contribution in [0.1, 0.15) is 36.9 Å². The van der Waals surface area contributed by atoms with Crippen LogP contribution in [-0.4, -0.2) is 50.6 Å². The molecule has 1 N–H and O–H groups in total. The van der Waals surface area contributed by atoms with Crippen molar-refractivity contribution in [3.63, 3.8) is 0 Å². The Morgan fingerprint density at radius 2 is 1.78 bits per heavy atom. The number of rotatable bonds is 11. The Morgan fingerprint density at radius 3 is 2.44 bits per heavy atom. The van der Waals surface area contributed by atoms with Crippen LogP contribution in [0.25, 0.3) is 22.4 Å². The number of benzene rings is 2. The van der Waals surface area contributed by atoms with Crippen LogP contribution in [0.15, 0.2) is 54.6 Å². The zero-order chi connectivity index (χ0) is 25.5. The fourth-order valence-corrected chi connectivity index (χ4v) is 5.66. The van der Waals surface area contributed by atoms with E-state index >= 15 is 0 Å². The Balaban J connectivity index is 1.62. The summed E-state index contributed by atoms with van der Waals surface area (Å²) in [4.78, 5) is 10.7. The van der Waals surface area contributed by atoms with Gasteiger partial charge in [-0.15, -0.1) is 0 Å². The van der Waals surface area contributed by atoms with Gasteiger partial charge >= 0.3 is 5.97 Å². The minimum atomic E-state index is -0.915. The number of aryl methyl sites for hydroxylation is 1. The highest BCUT2D eigenvalue weighted by molar-refractivity contribution is 7.90. The molecule has 1 aliphatic carbocycles. The molecule has 0 saturated heterocycles. The molecule has 4 rings (SSSR count). The number of aliphatic carboxylic acids is 1. The van der Waals surface area contributed by atoms with E-state index in [2.05, 4.69) is 48.0 Å². The second-order valence-corrected chi connectivity index (χ2v) is 11.5. The second kappa shape index (κ2) is 12.6. The van der Waals surface area contributed by atoms with Gasteiger partial charge in [0.15, 0.2) is 0 Å². The Hall–Kier alpha value is -2.61. The van der Waals surface area contributed by atoms with E-state index < -0.39 is 17.1 Å². The molecule has 36 heavy (non-hydrogen) atoms. The van der Waals surface area contributed by atoms with Gasteiger partial charge in [-0.1, -0.05) is 71.3 Å². The van der Waals surface area contributed by atoms with Crippen molar-refractivity contribution in [3.05, 3.63) is 65.9 Å².